The van der Waals surface area contributed by atoms with E-state index >= 15 is 4.79 Å². The lowest BCUT2D eigenvalue weighted by molar-refractivity contribution is -0.345. The highest BCUT2D eigenvalue weighted by atomic mass is 28.4. The van der Waals surface area contributed by atoms with Crippen molar-refractivity contribution < 1.29 is 47.0 Å². The molecule has 64 heavy (non-hydrogen) atoms. The number of hydrogen-bond acceptors (Lipinski definition) is 10. The van der Waals surface area contributed by atoms with E-state index in [0.29, 0.717) is 30.4 Å². The summed E-state index contributed by atoms with van der Waals surface area (Å²) in [5.74, 6) is -2.34. The van der Waals surface area contributed by atoms with Crippen molar-refractivity contribution in [3.8, 4) is 0 Å². The number of ketones is 1. The molecule has 2 bridgehead atoms. The van der Waals surface area contributed by atoms with Crippen molar-refractivity contribution in [2.24, 2.45) is 16.7 Å². The summed E-state index contributed by atoms with van der Waals surface area (Å²) in [5, 5.41) is 14.5. The van der Waals surface area contributed by atoms with Gasteiger partial charge in [-0.3, -0.25) is 9.59 Å². The summed E-state index contributed by atoms with van der Waals surface area (Å²) < 4.78 is 43.0. The molecule has 13 heteroatoms. The average molecular weight is 941 g/mol. The van der Waals surface area contributed by atoms with E-state index in [0.717, 1.165) is 60.0 Å². The highest BCUT2D eigenvalue weighted by Gasteiger charge is 2.79. The number of fused-ring (bicyclic) bond motifs is 5. The van der Waals surface area contributed by atoms with Crippen LogP contribution in [0.5, 0.6) is 0 Å². The number of carbonyl (C=O) groups excluding carboxylic acids is 3. The number of ether oxygens (including phenoxy) is 3. The Hall–Kier alpha value is -2.24. The molecule has 3 fully saturated rings. The molecule has 1 N–H and O–H groups in total. The zero-order valence-electron chi connectivity index (χ0n) is 41.9. The first-order chi connectivity index (χ1) is 30.3. The molecule has 1 saturated heterocycles. The van der Waals surface area contributed by atoms with Crippen molar-refractivity contribution in [1.29, 1.82) is 0 Å². The van der Waals surface area contributed by atoms with Gasteiger partial charge in [0, 0.05) is 24.7 Å². The van der Waals surface area contributed by atoms with Gasteiger partial charge in [0.1, 0.15) is 23.9 Å². The second-order valence-corrected chi connectivity index (χ2v) is 34.4. The molecule has 1 heterocycles. The molecule has 0 spiro atoms. The fourth-order valence-electron chi connectivity index (χ4n) is 12.2. The molecular weight excluding hydrogens is 857 g/mol. The van der Waals surface area contributed by atoms with Crippen molar-refractivity contribution in [2.45, 2.75) is 218 Å². The van der Waals surface area contributed by atoms with Crippen LogP contribution >= 0.6 is 0 Å². The maximum atomic E-state index is 17.0. The summed E-state index contributed by atoms with van der Waals surface area (Å²) in [5.41, 5.74) is -4.10. The molecule has 9 atom stereocenters. The van der Waals surface area contributed by atoms with Crippen LogP contribution in [-0.4, -0.2) is 96.1 Å². The zero-order chi connectivity index (χ0) is 47.5. The number of benzene rings is 1. The summed E-state index contributed by atoms with van der Waals surface area (Å²) in [4.78, 5) is 46.2. The van der Waals surface area contributed by atoms with E-state index < -0.39 is 95.4 Å². The van der Waals surface area contributed by atoms with Crippen LogP contribution in [0.3, 0.4) is 0 Å². The van der Waals surface area contributed by atoms with Gasteiger partial charge in [-0.15, -0.1) is 6.58 Å². The third-order valence-corrected chi connectivity index (χ3v) is 31.5. The Morgan fingerprint density at radius 3 is 1.86 bits per heavy atom. The smallest absolute Gasteiger partial charge is 0.338 e. The van der Waals surface area contributed by atoms with Gasteiger partial charge in [0.05, 0.1) is 35.7 Å². The monoisotopic (exact) mass is 941 g/mol. The van der Waals surface area contributed by atoms with E-state index in [4.69, 9.17) is 27.5 Å². The summed E-state index contributed by atoms with van der Waals surface area (Å²) >= 11 is 0. The van der Waals surface area contributed by atoms with E-state index in [1.165, 1.54) is 0 Å². The van der Waals surface area contributed by atoms with Crippen LogP contribution in [0.1, 0.15) is 132 Å². The SMILES string of the molecule is C=CCCCC(=O)O[C@@]12CO[C@@H]1C[C@H](O[Si](CC)(CC)CC)[C@@]1(C)C(=O)[C@H](O[Si](CC)(CC)CC)C3=C(C)[C@@H](O[Si](CC)(CC)CC)C[C@@](O)([C@@H](OC(=O)c4ccccc4)[C@H]21)C3(C)C. The molecule has 0 unspecified atom stereocenters. The van der Waals surface area contributed by atoms with Crippen molar-refractivity contribution in [2.75, 3.05) is 6.61 Å². The molecule has 3 aliphatic carbocycles. The van der Waals surface area contributed by atoms with Gasteiger partial charge in [-0.1, -0.05) is 100 Å². The number of carbonyl (C=O) groups is 3. The number of allylic oxidation sites excluding steroid dienone is 1. The topological polar surface area (TPSA) is 127 Å². The van der Waals surface area contributed by atoms with Gasteiger partial charge in [-0.25, -0.2) is 4.79 Å². The fraction of sp³-hybridized carbons (Fsp3) is 0.745. The molecule has 4 aliphatic rings. The Morgan fingerprint density at radius 2 is 1.36 bits per heavy atom. The molecule has 0 aromatic heterocycles. The molecule has 1 aromatic rings. The number of Topliss-reactive ketones (excluding diaryl/α,β-unsaturated/α-hetero) is 1. The maximum Gasteiger partial charge on any atom is 0.338 e. The second-order valence-electron chi connectivity index (χ2n) is 20.3. The van der Waals surface area contributed by atoms with Gasteiger partial charge in [-0.05, 0) is 104 Å². The minimum absolute atomic E-state index is 0.0266. The normalized spacial score (nSPS) is 31.5. The maximum absolute atomic E-state index is 17.0. The fourth-order valence-corrected chi connectivity index (χ4v) is 20.8. The summed E-state index contributed by atoms with van der Waals surface area (Å²) in [6.45, 7) is 31.4. The molecule has 1 aromatic carbocycles. The van der Waals surface area contributed by atoms with E-state index in [9.17, 15) is 14.7 Å². The van der Waals surface area contributed by atoms with Gasteiger partial charge in [0.25, 0.3) is 0 Å². The number of unbranched alkanes of at least 4 members (excludes halogenated alkanes) is 1. The van der Waals surface area contributed by atoms with Crippen molar-refractivity contribution in [3.05, 3.63) is 59.7 Å². The third-order valence-electron chi connectivity index (χ3n) is 17.6. The van der Waals surface area contributed by atoms with Crippen LogP contribution in [-0.2, 0) is 37.1 Å². The van der Waals surface area contributed by atoms with Crippen LogP contribution in [0, 0.1) is 16.7 Å². The standard InChI is InChI=1S/C51H84O10Si3/c1-15-25-27-32-41(52)58-50-35-56-40(50)33-39(60-63(19-5,20-6)21-7)49(14)44(50)46(57-47(54)37-30-28-26-29-31-37)51(55)34-38(59-62(16-2,17-3)18-4)36(11)42(48(51,12)13)43(45(49)53)61-64(22-8,23-9)24-10/h15,26,28-31,38-40,43-44,46,55H,1,16-25,27,32-35H2,2-14H3/t38-,39-,40+,43+,44-,46-,49+,50-,51+/m0/s1. The average Bonchev–Trinajstić information content (AvgIpc) is 3.29. The minimum Gasteiger partial charge on any atom is -0.455 e. The molecular formula is C51H84O10Si3. The number of hydrogen-bond donors (Lipinski definition) is 1. The number of esters is 2. The van der Waals surface area contributed by atoms with Gasteiger partial charge in [-0.2, -0.15) is 0 Å². The lowest BCUT2D eigenvalue weighted by Crippen LogP contribution is -2.82. The highest BCUT2D eigenvalue weighted by molar-refractivity contribution is 6.74. The van der Waals surface area contributed by atoms with Gasteiger partial charge in [0.2, 0.25) is 0 Å². The first-order valence-corrected chi connectivity index (χ1v) is 32.6. The predicted octanol–water partition coefficient (Wildman–Crippen LogP) is 11.5. The van der Waals surface area contributed by atoms with Crippen molar-refractivity contribution in [3.63, 3.8) is 0 Å². The second kappa shape index (κ2) is 20.5. The van der Waals surface area contributed by atoms with Crippen LogP contribution in [0.15, 0.2) is 54.1 Å². The Kier molecular flexibility index (Phi) is 16.9. The third kappa shape index (κ3) is 8.96. The Bertz CT molecular complexity index is 1810. The summed E-state index contributed by atoms with van der Waals surface area (Å²) in [6, 6.07) is 16.4. The quantitative estimate of drug-likeness (QED) is 0.0519. The van der Waals surface area contributed by atoms with Gasteiger partial charge >= 0.3 is 11.9 Å². The molecule has 2 saturated carbocycles. The van der Waals surface area contributed by atoms with Gasteiger partial charge in [0.15, 0.2) is 36.3 Å². The first-order valence-electron chi connectivity index (χ1n) is 25.0. The molecule has 10 nitrogen and oxygen atoms in total. The largest absolute Gasteiger partial charge is 0.455 e. The van der Waals surface area contributed by atoms with Crippen LogP contribution in [0.2, 0.25) is 54.4 Å². The number of rotatable bonds is 22. The van der Waals surface area contributed by atoms with E-state index in [1.807, 2.05) is 26.8 Å². The van der Waals surface area contributed by atoms with Crippen LogP contribution in [0.4, 0.5) is 0 Å². The minimum atomic E-state index is -2.60. The molecule has 0 radical (unpaired) electrons. The predicted molar refractivity (Wildman–Crippen MR) is 262 cm³/mol. The van der Waals surface area contributed by atoms with Crippen LogP contribution < -0.4 is 0 Å². The Balaban J connectivity index is 1.96. The summed E-state index contributed by atoms with van der Waals surface area (Å²) in [7, 11) is -7.44. The van der Waals surface area contributed by atoms with Crippen LogP contribution in [0.25, 0.3) is 0 Å². The molecule has 1 aliphatic heterocycles. The lowest BCUT2D eigenvalue weighted by atomic mass is 9.44. The van der Waals surface area contributed by atoms with Crippen molar-refractivity contribution >= 4 is 42.7 Å². The lowest BCUT2D eigenvalue weighted by Gasteiger charge is -2.69. The molecule has 360 valence electrons. The van der Waals surface area contributed by atoms with E-state index in [-0.39, 0.29) is 25.2 Å². The first kappa shape index (κ1) is 52.7. The zero-order valence-corrected chi connectivity index (χ0v) is 44.9. The Morgan fingerprint density at radius 1 is 0.828 bits per heavy atom. The van der Waals surface area contributed by atoms with Gasteiger partial charge < -0.3 is 32.6 Å². The van der Waals surface area contributed by atoms with E-state index in [1.54, 1.807) is 30.3 Å². The highest BCUT2D eigenvalue weighted by Crippen LogP contribution is 2.65. The number of aliphatic hydroxyl groups is 1. The van der Waals surface area contributed by atoms with Crippen molar-refractivity contribution in [1.82, 2.24) is 0 Å². The molecule has 5 rings (SSSR count). The Labute approximate surface area is 389 Å². The summed E-state index contributed by atoms with van der Waals surface area (Å²) in [6.07, 6.45) is -0.986. The molecule has 0 amide bonds. The van der Waals surface area contributed by atoms with E-state index in [2.05, 4.69) is 75.8 Å².